The van der Waals surface area contributed by atoms with Crippen molar-refractivity contribution in [3.05, 3.63) is 29.8 Å². The standard InChI is InChI=1S/C17H25N3O2/c1-14(20-10-7-19(8-11-20)9-12-20)17(21)18-13-15-3-5-16(22-2)6-4-15/h3-6,14H,7-13H2,1-2H3/p+1/t14-/m1/s1. The van der Waals surface area contributed by atoms with Crippen molar-refractivity contribution in [3.63, 3.8) is 0 Å². The van der Waals surface area contributed by atoms with Crippen LogP contribution in [-0.4, -0.2) is 67.7 Å². The van der Waals surface area contributed by atoms with Crippen LogP contribution in [0.3, 0.4) is 0 Å². The minimum absolute atomic E-state index is 0.0423. The monoisotopic (exact) mass is 304 g/mol. The van der Waals surface area contributed by atoms with Crippen LogP contribution in [0.1, 0.15) is 12.5 Å². The number of hydrogen-bond acceptors (Lipinski definition) is 3. The normalized spacial score (nSPS) is 28.2. The van der Waals surface area contributed by atoms with Gasteiger partial charge in [-0.2, -0.15) is 0 Å². The average molecular weight is 304 g/mol. The Morgan fingerprint density at radius 1 is 1.23 bits per heavy atom. The van der Waals surface area contributed by atoms with Crippen LogP contribution in [0, 0.1) is 0 Å². The van der Waals surface area contributed by atoms with Gasteiger partial charge in [0.15, 0.2) is 6.04 Å². The molecule has 3 fully saturated rings. The number of methoxy groups -OCH3 is 1. The van der Waals surface area contributed by atoms with Gasteiger partial charge in [0.25, 0.3) is 5.91 Å². The number of nitrogens with one attached hydrogen (secondary N) is 1. The fourth-order valence-corrected chi connectivity index (χ4v) is 3.60. The van der Waals surface area contributed by atoms with E-state index in [1.165, 1.54) is 0 Å². The molecule has 0 aliphatic carbocycles. The fourth-order valence-electron chi connectivity index (χ4n) is 3.60. The molecule has 3 heterocycles. The molecule has 5 nitrogen and oxygen atoms in total. The third-order valence-electron chi connectivity index (χ3n) is 5.41. The van der Waals surface area contributed by atoms with Crippen molar-refractivity contribution >= 4 is 5.91 Å². The van der Waals surface area contributed by atoms with E-state index in [1.54, 1.807) is 7.11 Å². The van der Waals surface area contributed by atoms with Gasteiger partial charge < -0.3 is 14.5 Å². The van der Waals surface area contributed by atoms with Crippen molar-refractivity contribution in [2.75, 3.05) is 46.4 Å². The third-order valence-corrected chi connectivity index (χ3v) is 5.41. The molecule has 1 atom stereocenters. The van der Waals surface area contributed by atoms with Crippen molar-refractivity contribution in [2.45, 2.75) is 19.5 Å². The first-order valence-corrected chi connectivity index (χ1v) is 8.12. The van der Waals surface area contributed by atoms with E-state index in [0.717, 1.165) is 55.1 Å². The van der Waals surface area contributed by atoms with E-state index in [4.69, 9.17) is 4.74 Å². The van der Waals surface area contributed by atoms with Gasteiger partial charge >= 0.3 is 0 Å². The van der Waals surface area contributed by atoms with Crippen LogP contribution in [-0.2, 0) is 11.3 Å². The second kappa shape index (κ2) is 6.26. The summed E-state index contributed by atoms with van der Waals surface area (Å²) in [4.78, 5) is 15.1. The predicted molar refractivity (Wildman–Crippen MR) is 85.6 cm³/mol. The van der Waals surface area contributed by atoms with Crippen molar-refractivity contribution < 1.29 is 14.0 Å². The largest absolute Gasteiger partial charge is 0.497 e. The van der Waals surface area contributed by atoms with Crippen molar-refractivity contribution in [3.8, 4) is 5.75 Å². The molecule has 1 amide bonds. The average Bonchev–Trinajstić information content (AvgIpc) is 2.61. The molecule has 3 aliphatic rings. The van der Waals surface area contributed by atoms with E-state index in [2.05, 4.69) is 17.1 Å². The number of carbonyl (C=O) groups excluding carboxylic acids is 1. The van der Waals surface area contributed by atoms with Crippen molar-refractivity contribution in [1.29, 1.82) is 0 Å². The Morgan fingerprint density at radius 2 is 1.82 bits per heavy atom. The quantitative estimate of drug-likeness (QED) is 0.820. The topological polar surface area (TPSA) is 41.6 Å². The Labute approximate surface area is 132 Å². The number of piperazine rings is 3. The Bertz CT molecular complexity index is 507. The molecule has 120 valence electrons. The second-order valence-corrected chi connectivity index (χ2v) is 6.47. The smallest absolute Gasteiger partial charge is 0.278 e. The highest BCUT2D eigenvalue weighted by Crippen LogP contribution is 2.23. The molecule has 0 spiro atoms. The minimum atomic E-state index is 0.0423. The van der Waals surface area contributed by atoms with E-state index in [9.17, 15) is 4.79 Å². The number of benzene rings is 1. The zero-order valence-electron chi connectivity index (χ0n) is 13.5. The van der Waals surface area contributed by atoms with Crippen LogP contribution in [0.15, 0.2) is 24.3 Å². The number of quaternary nitrogens is 1. The third kappa shape index (κ3) is 2.96. The highest BCUT2D eigenvalue weighted by molar-refractivity contribution is 5.80. The van der Waals surface area contributed by atoms with Gasteiger partial charge in [0.05, 0.1) is 26.7 Å². The molecule has 1 aromatic rings. The van der Waals surface area contributed by atoms with Crippen LogP contribution in [0.5, 0.6) is 5.75 Å². The lowest BCUT2D eigenvalue weighted by Crippen LogP contribution is -2.72. The first kappa shape index (κ1) is 15.3. The van der Waals surface area contributed by atoms with Crippen molar-refractivity contribution in [2.24, 2.45) is 0 Å². The van der Waals surface area contributed by atoms with Gasteiger partial charge in [-0.1, -0.05) is 12.1 Å². The number of hydrogen-bond donors (Lipinski definition) is 1. The van der Waals surface area contributed by atoms with E-state index in [0.29, 0.717) is 6.54 Å². The van der Waals surface area contributed by atoms with E-state index in [-0.39, 0.29) is 11.9 Å². The van der Waals surface area contributed by atoms with E-state index >= 15 is 0 Å². The summed E-state index contributed by atoms with van der Waals surface area (Å²) < 4.78 is 6.11. The molecule has 22 heavy (non-hydrogen) atoms. The van der Waals surface area contributed by atoms with Gasteiger partial charge in [-0.3, -0.25) is 9.69 Å². The molecule has 4 rings (SSSR count). The molecule has 0 saturated carbocycles. The maximum atomic E-state index is 12.6. The summed E-state index contributed by atoms with van der Waals surface area (Å²) in [6.45, 7) is 9.40. The highest BCUT2D eigenvalue weighted by atomic mass is 16.5. The molecule has 1 aromatic carbocycles. The first-order valence-electron chi connectivity index (χ1n) is 8.12. The number of ether oxygens (including phenoxy) is 1. The lowest BCUT2D eigenvalue weighted by Gasteiger charge is -2.52. The zero-order chi connectivity index (χ0) is 15.6. The van der Waals surface area contributed by atoms with Crippen LogP contribution >= 0.6 is 0 Å². The van der Waals surface area contributed by atoms with Crippen LogP contribution < -0.4 is 10.1 Å². The maximum Gasteiger partial charge on any atom is 0.278 e. The molecule has 0 radical (unpaired) electrons. The van der Waals surface area contributed by atoms with Gasteiger partial charge in [0.2, 0.25) is 0 Å². The molecule has 1 N–H and O–H groups in total. The molecule has 5 heteroatoms. The summed E-state index contributed by atoms with van der Waals surface area (Å²) in [5, 5.41) is 3.10. The lowest BCUT2D eigenvalue weighted by atomic mass is 10.1. The first-order chi connectivity index (χ1) is 10.6. The number of amides is 1. The van der Waals surface area contributed by atoms with Gasteiger partial charge in [0.1, 0.15) is 5.75 Å². The van der Waals surface area contributed by atoms with Crippen LogP contribution in [0.2, 0.25) is 0 Å². The summed E-state index contributed by atoms with van der Waals surface area (Å²) in [5.74, 6) is 1.01. The van der Waals surface area contributed by atoms with Gasteiger partial charge in [-0.05, 0) is 24.6 Å². The molecule has 3 saturated heterocycles. The fraction of sp³-hybridized carbons (Fsp3) is 0.588. The second-order valence-electron chi connectivity index (χ2n) is 6.47. The molecule has 0 aromatic heterocycles. The zero-order valence-corrected chi connectivity index (χ0v) is 13.5. The molecular formula is C17H26N3O2+. The van der Waals surface area contributed by atoms with E-state index in [1.807, 2.05) is 24.3 Å². The SMILES string of the molecule is COc1ccc(CNC(=O)[C@@H](C)[N+]23CCN(CC2)CC3)cc1. The number of nitrogens with zero attached hydrogens (tertiary/aromatic N) is 2. The summed E-state index contributed by atoms with van der Waals surface area (Å²) in [5.41, 5.74) is 1.10. The van der Waals surface area contributed by atoms with Crippen LogP contribution in [0.4, 0.5) is 0 Å². The Balaban J connectivity index is 1.56. The minimum Gasteiger partial charge on any atom is -0.497 e. The van der Waals surface area contributed by atoms with Gasteiger partial charge in [-0.15, -0.1) is 0 Å². The Morgan fingerprint density at radius 3 is 2.36 bits per heavy atom. The summed E-state index contributed by atoms with van der Waals surface area (Å²) >= 11 is 0. The van der Waals surface area contributed by atoms with E-state index < -0.39 is 0 Å². The predicted octanol–water partition coefficient (Wildman–Crippen LogP) is 0.846. The van der Waals surface area contributed by atoms with Crippen LogP contribution in [0.25, 0.3) is 0 Å². The van der Waals surface area contributed by atoms with Gasteiger partial charge in [0, 0.05) is 26.2 Å². The Kier molecular flexibility index (Phi) is 4.36. The molecular weight excluding hydrogens is 278 g/mol. The Hall–Kier alpha value is -1.59. The molecule has 2 bridgehead atoms. The lowest BCUT2D eigenvalue weighted by molar-refractivity contribution is -0.953. The summed E-state index contributed by atoms with van der Waals surface area (Å²) in [6, 6.07) is 7.89. The van der Waals surface area contributed by atoms with Crippen molar-refractivity contribution in [1.82, 2.24) is 10.2 Å². The number of rotatable bonds is 5. The summed E-state index contributed by atoms with van der Waals surface area (Å²) in [7, 11) is 1.66. The molecule has 0 unspecified atom stereocenters. The highest BCUT2D eigenvalue weighted by Gasteiger charge is 2.44. The maximum absolute atomic E-state index is 12.6. The number of carbonyl (C=O) groups is 1. The van der Waals surface area contributed by atoms with Gasteiger partial charge in [-0.25, -0.2) is 0 Å². The summed E-state index contributed by atoms with van der Waals surface area (Å²) in [6.07, 6.45) is 0. The number of fused-ring (bicyclic) bond motifs is 3. The molecule has 3 aliphatic heterocycles.